The monoisotopic (exact) mass is 398 g/mol. The number of rotatable bonds is 11. The van der Waals surface area contributed by atoms with Crippen LogP contribution in [0.1, 0.15) is 19.3 Å². The zero-order valence-corrected chi connectivity index (χ0v) is 17.0. The van der Waals surface area contributed by atoms with E-state index in [2.05, 4.69) is 17.2 Å². The summed E-state index contributed by atoms with van der Waals surface area (Å²) < 4.78 is 0. The van der Waals surface area contributed by atoms with Crippen molar-refractivity contribution in [2.75, 3.05) is 52.4 Å². The average Bonchev–Trinajstić information content (AvgIpc) is 2.64. The van der Waals surface area contributed by atoms with Crippen LogP contribution in [0.25, 0.3) is 0 Å². The van der Waals surface area contributed by atoms with Crippen LogP contribution in [-0.4, -0.2) is 64.7 Å². The van der Waals surface area contributed by atoms with E-state index in [0.29, 0.717) is 44.6 Å². The van der Waals surface area contributed by atoms with Gasteiger partial charge in [-0.15, -0.1) is 0 Å². The van der Waals surface area contributed by atoms with Crippen molar-refractivity contribution in [3.8, 4) is 0 Å². The molecule has 12 heteroatoms. The lowest BCUT2D eigenvalue weighted by atomic mass is 9.98. The Labute approximate surface area is 165 Å². The summed E-state index contributed by atoms with van der Waals surface area (Å²) in [5.74, 6) is 0.972. The van der Waals surface area contributed by atoms with Gasteiger partial charge in [-0.1, -0.05) is 0 Å². The lowest BCUT2D eigenvalue weighted by Crippen LogP contribution is -2.39. The van der Waals surface area contributed by atoms with Crippen LogP contribution in [0.3, 0.4) is 0 Å². The summed E-state index contributed by atoms with van der Waals surface area (Å²) in [5.41, 5.74) is 61.3. The van der Waals surface area contributed by atoms with Gasteiger partial charge in [-0.05, 0) is 70.4 Å². The molecule has 0 aromatic rings. The molecule has 0 saturated heterocycles. The molecule has 0 saturated carbocycles. The first-order chi connectivity index (χ1) is 12.7. The van der Waals surface area contributed by atoms with Crippen LogP contribution in [0.5, 0.6) is 0 Å². The molecule has 12 nitrogen and oxygen atoms in total. The molecule has 170 valence electrons. The minimum atomic E-state index is -0.667. The first-order valence-corrected chi connectivity index (χ1v) is 9.37. The van der Waals surface area contributed by atoms with Crippen molar-refractivity contribution in [3.63, 3.8) is 0 Å². The molecule has 0 atom stereocenters. The Balaban J connectivity index is -0.000000138. The normalized spacial score (nSPS) is 10.2. The first-order valence-electron chi connectivity index (χ1n) is 9.37. The van der Waals surface area contributed by atoms with Crippen LogP contribution in [0.15, 0.2) is 0 Å². The Morgan fingerprint density at radius 1 is 0.407 bits per heavy atom. The van der Waals surface area contributed by atoms with Gasteiger partial charge < -0.3 is 68.8 Å². The Morgan fingerprint density at radius 3 is 0.741 bits per heavy atom. The predicted molar refractivity (Wildman–Crippen MR) is 118 cm³/mol. The summed E-state index contributed by atoms with van der Waals surface area (Å²) in [6.07, 6.45) is 2.52. The van der Waals surface area contributed by atoms with E-state index >= 15 is 0 Å². The van der Waals surface area contributed by atoms with E-state index < -0.39 is 6.29 Å². The van der Waals surface area contributed by atoms with Gasteiger partial charge in [-0.2, -0.15) is 0 Å². The molecule has 0 unspecified atom stereocenters. The number of hydrogen-bond donors (Lipinski definition) is 12. The fourth-order valence-corrected chi connectivity index (χ4v) is 1.53. The fraction of sp³-hybridized carbons (Fsp3) is 1.00. The van der Waals surface area contributed by atoms with E-state index in [0.717, 1.165) is 38.9 Å². The van der Waals surface area contributed by atoms with E-state index in [1.807, 2.05) is 0 Å². The summed E-state index contributed by atoms with van der Waals surface area (Å²) in [6, 6.07) is -0.00926. The maximum Gasteiger partial charge on any atom is 0.104 e. The third kappa shape index (κ3) is 41.2. The number of nitrogens with two attached hydrogens (primary N) is 12. The van der Waals surface area contributed by atoms with Gasteiger partial charge in [0.05, 0.1) is 0 Å². The topological polar surface area (TPSA) is 312 Å². The van der Waals surface area contributed by atoms with Crippen molar-refractivity contribution in [3.05, 3.63) is 0 Å². The second kappa shape index (κ2) is 30.3. The minimum absolute atomic E-state index is 0.00926. The third-order valence-electron chi connectivity index (χ3n) is 3.33. The molecular formula is C15H50N12. The molecule has 0 rings (SSSR count). The van der Waals surface area contributed by atoms with Crippen LogP contribution in [0.2, 0.25) is 0 Å². The molecule has 27 heavy (non-hydrogen) atoms. The summed E-state index contributed by atoms with van der Waals surface area (Å²) in [6.45, 7) is 5.04. The molecule has 0 aromatic carbocycles. The van der Waals surface area contributed by atoms with Crippen LogP contribution in [0.4, 0.5) is 0 Å². The zero-order chi connectivity index (χ0) is 22.1. The maximum atomic E-state index is 5.41. The van der Waals surface area contributed by atoms with Gasteiger partial charge in [0.1, 0.15) is 6.29 Å². The highest BCUT2D eigenvalue weighted by Crippen LogP contribution is 2.09. The molecule has 0 spiro atoms. The van der Waals surface area contributed by atoms with E-state index in [4.69, 9.17) is 51.6 Å². The largest absolute Gasteiger partial charge is 0.330 e. The average molecular weight is 399 g/mol. The first kappa shape index (κ1) is 34.1. The third-order valence-corrected chi connectivity index (χ3v) is 3.33. The zero-order valence-electron chi connectivity index (χ0n) is 17.0. The summed E-state index contributed by atoms with van der Waals surface area (Å²) in [4.78, 5) is 0. The summed E-state index contributed by atoms with van der Waals surface area (Å²) >= 11 is 0. The van der Waals surface area contributed by atoms with Gasteiger partial charge in [0.15, 0.2) is 0 Å². The van der Waals surface area contributed by atoms with Crippen LogP contribution in [0, 0.1) is 11.8 Å². The Hall–Kier alpha value is -0.480. The molecule has 0 aromatic heterocycles. The molecular weight excluding hydrogens is 348 g/mol. The lowest BCUT2D eigenvalue weighted by Gasteiger charge is -2.12. The van der Waals surface area contributed by atoms with Gasteiger partial charge in [0.2, 0.25) is 0 Å². The Kier molecular flexibility index (Phi) is 38.2. The van der Waals surface area contributed by atoms with Crippen LogP contribution in [-0.2, 0) is 0 Å². The van der Waals surface area contributed by atoms with Crippen molar-refractivity contribution >= 4 is 0 Å². The molecule has 0 aliphatic carbocycles. The Morgan fingerprint density at radius 2 is 0.667 bits per heavy atom. The summed E-state index contributed by atoms with van der Waals surface area (Å²) in [7, 11) is 0. The van der Waals surface area contributed by atoms with Gasteiger partial charge in [-0.3, -0.25) is 0 Å². The Bertz CT molecular complexity index is 202. The summed E-state index contributed by atoms with van der Waals surface area (Å²) in [5, 5.41) is 0. The van der Waals surface area contributed by atoms with Crippen molar-refractivity contribution in [1.29, 1.82) is 0 Å². The van der Waals surface area contributed by atoms with E-state index in [1.54, 1.807) is 0 Å². The molecule has 0 amide bonds. The molecule has 0 bridgehead atoms. The molecule has 0 heterocycles. The van der Waals surface area contributed by atoms with Crippen molar-refractivity contribution in [2.24, 2.45) is 80.6 Å². The maximum absolute atomic E-state index is 5.41. The van der Waals surface area contributed by atoms with E-state index in [1.165, 1.54) is 0 Å². The van der Waals surface area contributed by atoms with Gasteiger partial charge in [-0.25, -0.2) is 0 Å². The highest BCUT2D eigenvalue weighted by atomic mass is 15.0. The second-order valence-electron chi connectivity index (χ2n) is 5.98. The highest BCUT2D eigenvalue weighted by molar-refractivity contribution is 4.61. The van der Waals surface area contributed by atoms with Crippen LogP contribution < -0.4 is 68.8 Å². The predicted octanol–water partition coefficient (Wildman–Crippen LogP) is -5.50. The van der Waals surface area contributed by atoms with Crippen molar-refractivity contribution < 1.29 is 0 Å². The smallest absolute Gasteiger partial charge is 0.104 e. The van der Waals surface area contributed by atoms with Gasteiger partial charge in [0, 0.05) is 19.1 Å². The van der Waals surface area contributed by atoms with Crippen LogP contribution >= 0.6 is 0 Å². The fourth-order valence-electron chi connectivity index (χ4n) is 1.53. The van der Waals surface area contributed by atoms with E-state index in [9.17, 15) is 0 Å². The van der Waals surface area contributed by atoms with Crippen molar-refractivity contribution in [2.45, 2.75) is 31.6 Å². The quantitative estimate of drug-likeness (QED) is 0.145. The molecule has 0 radical (unpaired) electrons. The molecule has 24 N–H and O–H groups in total. The standard InChI is InChI=1S/C7H19N3.C4H13N3.C3H11N3.CH7N3/c8-4-1-7(2-5-9)3-6-10;5-1-4(2-6)3-7;4-1-3(6)2-5;2-1(3)4/h7H,1-6,8-10H2;4H,1-3,5-7H2;3H,1-2,4-6H2;1H,2-4H2. The van der Waals surface area contributed by atoms with Gasteiger partial charge in [0.25, 0.3) is 0 Å². The molecule has 0 fully saturated rings. The highest BCUT2D eigenvalue weighted by Gasteiger charge is 2.04. The molecule has 0 aliphatic rings. The minimum Gasteiger partial charge on any atom is -0.330 e. The SMILES string of the molecule is NC(N)N.NCC(CN)CN.NCC(N)CN.NCCC(CCN)CCN. The lowest BCUT2D eigenvalue weighted by molar-refractivity contribution is 0.437. The van der Waals surface area contributed by atoms with Crippen molar-refractivity contribution in [1.82, 2.24) is 0 Å². The van der Waals surface area contributed by atoms with E-state index in [-0.39, 0.29) is 6.04 Å². The molecule has 0 aliphatic heterocycles. The number of hydrogen-bond acceptors (Lipinski definition) is 12. The second-order valence-corrected chi connectivity index (χ2v) is 5.98. The van der Waals surface area contributed by atoms with Gasteiger partial charge >= 0.3 is 0 Å².